The summed E-state index contributed by atoms with van der Waals surface area (Å²) in [6.45, 7) is 9.55. The molecule has 1 aromatic carbocycles. The van der Waals surface area contributed by atoms with Crippen molar-refractivity contribution in [1.29, 1.82) is 0 Å². The molecule has 1 aromatic rings. The van der Waals surface area contributed by atoms with Crippen LogP contribution in [0, 0.1) is 0 Å². The number of hydrogen-bond donors (Lipinski definition) is 0. The van der Waals surface area contributed by atoms with Crippen LogP contribution in [0.15, 0.2) is 18.2 Å². The standard InChI is InChI=1S/C17H27NO3/c1-6-8-11-18(7-2)17(19)14-9-10-15(21-13(3)4)16(12-14)20-5/h9-10,12-13H,6-8,11H2,1-5H3. The third-order valence-corrected chi connectivity index (χ3v) is 3.22. The first-order chi connectivity index (χ1) is 10.0. The second kappa shape index (κ2) is 8.55. The Morgan fingerprint density at radius 3 is 2.48 bits per heavy atom. The molecule has 1 rings (SSSR count). The number of methoxy groups -OCH3 is 1. The first-order valence-corrected chi connectivity index (χ1v) is 7.67. The first kappa shape index (κ1) is 17.3. The van der Waals surface area contributed by atoms with Crippen molar-refractivity contribution in [1.82, 2.24) is 4.90 Å². The Hall–Kier alpha value is -1.71. The van der Waals surface area contributed by atoms with Gasteiger partial charge in [0.05, 0.1) is 13.2 Å². The summed E-state index contributed by atoms with van der Waals surface area (Å²) in [6.07, 6.45) is 2.16. The molecule has 0 spiro atoms. The molecule has 4 heteroatoms. The summed E-state index contributed by atoms with van der Waals surface area (Å²) < 4.78 is 11.0. The van der Waals surface area contributed by atoms with Crippen LogP contribution in [-0.4, -0.2) is 37.1 Å². The van der Waals surface area contributed by atoms with Crippen molar-refractivity contribution in [2.75, 3.05) is 20.2 Å². The van der Waals surface area contributed by atoms with Gasteiger partial charge in [0, 0.05) is 18.7 Å². The second-order valence-corrected chi connectivity index (χ2v) is 5.27. The molecule has 0 bridgehead atoms. The van der Waals surface area contributed by atoms with E-state index >= 15 is 0 Å². The zero-order valence-electron chi connectivity index (χ0n) is 13.8. The van der Waals surface area contributed by atoms with Crippen molar-refractivity contribution >= 4 is 5.91 Å². The number of hydrogen-bond acceptors (Lipinski definition) is 3. The maximum absolute atomic E-state index is 12.5. The van der Waals surface area contributed by atoms with Gasteiger partial charge in [0.15, 0.2) is 11.5 Å². The molecule has 0 saturated heterocycles. The van der Waals surface area contributed by atoms with E-state index in [4.69, 9.17) is 9.47 Å². The monoisotopic (exact) mass is 293 g/mol. The quantitative estimate of drug-likeness (QED) is 0.733. The molecule has 0 N–H and O–H groups in total. The van der Waals surface area contributed by atoms with Gasteiger partial charge in [-0.15, -0.1) is 0 Å². The number of carbonyl (C=O) groups excluding carboxylic acids is 1. The van der Waals surface area contributed by atoms with Gasteiger partial charge in [0.2, 0.25) is 0 Å². The fraction of sp³-hybridized carbons (Fsp3) is 0.588. The Bertz CT molecular complexity index is 457. The van der Waals surface area contributed by atoms with Gasteiger partial charge in [-0.3, -0.25) is 4.79 Å². The van der Waals surface area contributed by atoms with Crippen LogP contribution in [0.25, 0.3) is 0 Å². The molecule has 0 unspecified atom stereocenters. The molecule has 0 aliphatic heterocycles. The molecule has 0 atom stereocenters. The zero-order chi connectivity index (χ0) is 15.8. The van der Waals surface area contributed by atoms with Crippen molar-refractivity contribution in [3.05, 3.63) is 23.8 Å². The highest BCUT2D eigenvalue weighted by Crippen LogP contribution is 2.29. The van der Waals surface area contributed by atoms with Gasteiger partial charge in [0.1, 0.15) is 0 Å². The van der Waals surface area contributed by atoms with Gasteiger partial charge in [-0.05, 0) is 45.4 Å². The average molecular weight is 293 g/mol. The largest absolute Gasteiger partial charge is 0.493 e. The van der Waals surface area contributed by atoms with Crippen LogP contribution < -0.4 is 9.47 Å². The van der Waals surface area contributed by atoms with Gasteiger partial charge in [-0.2, -0.15) is 0 Å². The molecule has 21 heavy (non-hydrogen) atoms. The number of benzene rings is 1. The number of ether oxygens (including phenoxy) is 2. The molecule has 1 amide bonds. The van der Waals surface area contributed by atoms with Crippen molar-refractivity contribution in [3.63, 3.8) is 0 Å². The lowest BCUT2D eigenvalue weighted by molar-refractivity contribution is 0.0762. The molecule has 0 fully saturated rings. The molecule has 118 valence electrons. The van der Waals surface area contributed by atoms with E-state index in [1.807, 2.05) is 25.7 Å². The lowest BCUT2D eigenvalue weighted by atomic mass is 10.1. The normalized spacial score (nSPS) is 10.6. The lowest BCUT2D eigenvalue weighted by Crippen LogP contribution is -2.31. The summed E-state index contributed by atoms with van der Waals surface area (Å²) in [7, 11) is 1.59. The fourth-order valence-corrected chi connectivity index (χ4v) is 2.09. The molecule has 0 aromatic heterocycles. The lowest BCUT2D eigenvalue weighted by Gasteiger charge is -2.21. The van der Waals surface area contributed by atoms with Crippen molar-refractivity contribution < 1.29 is 14.3 Å². The molecule has 0 saturated carbocycles. The second-order valence-electron chi connectivity index (χ2n) is 5.27. The van der Waals surface area contributed by atoms with E-state index < -0.39 is 0 Å². The predicted octanol–water partition coefficient (Wildman–Crippen LogP) is 3.74. The van der Waals surface area contributed by atoms with Crippen molar-refractivity contribution in [2.45, 2.75) is 46.6 Å². The summed E-state index contributed by atoms with van der Waals surface area (Å²) in [5.41, 5.74) is 0.640. The van der Waals surface area contributed by atoms with E-state index in [0.29, 0.717) is 23.6 Å². The van der Waals surface area contributed by atoms with E-state index in [-0.39, 0.29) is 12.0 Å². The maximum Gasteiger partial charge on any atom is 0.253 e. The summed E-state index contributed by atoms with van der Waals surface area (Å²) in [6, 6.07) is 5.37. The van der Waals surface area contributed by atoms with Crippen molar-refractivity contribution in [3.8, 4) is 11.5 Å². The van der Waals surface area contributed by atoms with E-state index in [9.17, 15) is 4.79 Å². The van der Waals surface area contributed by atoms with Crippen LogP contribution in [0.4, 0.5) is 0 Å². The molecular weight excluding hydrogens is 266 g/mol. The molecule has 0 heterocycles. The fourth-order valence-electron chi connectivity index (χ4n) is 2.09. The predicted molar refractivity (Wildman–Crippen MR) is 85.2 cm³/mol. The Morgan fingerprint density at radius 2 is 1.95 bits per heavy atom. The number of rotatable bonds is 8. The van der Waals surface area contributed by atoms with Crippen LogP contribution in [0.1, 0.15) is 50.9 Å². The maximum atomic E-state index is 12.5. The Labute approximate surface area is 128 Å². The Kier molecular flexibility index (Phi) is 7.06. The van der Waals surface area contributed by atoms with E-state index in [2.05, 4.69) is 6.92 Å². The highest BCUT2D eigenvalue weighted by molar-refractivity contribution is 5.94. The van der Waals surface area contributed by atoms with Gasteiger partial charge in [0.25, 0.3) is 5.91 Å². The van der Waals surface area contributed by atoms with Crippen LogP contribution in [-0.2, 0) is 0 Å². The number of nitrogens with zero attached hydrogens (tertiary/aromatic N) is 1. The summed E-state index contributed by atoms with van der Waals surface area (Å²) in [5.74, 6) is 1.31. The van der Waals surface area contributed by atoms with Gasteiger partial charge in [-0.25, -0.2) is 0 Å². The highest BCUT2D eigenvalue weighted by Gasteiger charge is 2.16. The smallest absolute Gasteiger partial charge is 0.253 e. The molecule has 0 aliphatic rings. The third kappa shape index (κ3) is 4.96. The van der Waals surface area contributed by atoms with E-state index in [1.54, 1.807) is 25.3 Å². The minimum absolute atomic E-state index is 0.0420. The molecule has 4 nitrogen and oxygen atoms in total. The summed E-state index contributed by atoms with van der Waals surface area (Å²) in [5, 5.41) is 0. The summed E-state index contributed by atoms with van der Waals surface area (Å²) in [4.78, 5) is 14.4. The number of amides is 1. The average Bonchev–Trinajstić information content (AvgIpc) is 2.47. The molecule has 0 radical (unpaired) electrons. The van der Waals surface area contributed by atoms with Gasteiger partial charge < -0.3 is 14.4 Å². The molecule has 0 aliphatic carbocycles. The number of unbranched alkanes of at least 4 members (excludes halogenated alkanes) is 1. The zero-order valence-corrected chi connectivity index (χ0v) is 13.8. The SMILES string of the molecule is CCCCN(CC)C(=O)c1ccc(OC(C)C)c(OC)c1. The minimum Gasteiger partial charge on any atom is -0.493 e. The van der Waals surface area contributed by atoms with Crippen molar-refractivity contribution in [2.24, 2.45) is 0 Å². The Morgan fingerprint density at radius 1 is 1.24 bits per heavy atom. The van der Waals surface area contributed by atoms with Crippen LogP contribution in [0.5, 0.6) is 11.5 Å². The summed E-state index contributed by atoms with van der Waals surface area (Å²) >= 11 is 0. The molecular formula is C17H27NO3. The number of carbonyl (C=O) groups is 1. The minimum atomic E-state index is 0.0420. The van der Waals surface area contributed by atoms with Gasteiger partial charge >= 0.3 is 0 Å². The first-order valence-electron chi connectivity index (χ1n) is 7.67. The van der Waals surface area contributed by atoms with Crippen LogP contribution in [0.2, 0.25) is 0 Å². The topological polar surface area (TPSA) is 38.8 Å². The third-order valence-electron chi connectivity index (χ3n) is 3.22. The van der Waals surface area contributed by atoms with E-state index in [0.717, 1.165) is 19.4 Å². The van der Waals surface area contributed by atoms with Gasteiger partial charge in [-0.1, -0.05) is 13.3 Å². The van der Waals surface area contributed by atoms with Crippen LogP contribution >= 0.6 is 0 Å². The Balaban J connectivity index is 2.94. The van der Waals surface area contributed by atoms with E-state index in [1.165, 1.54) is 0 Å². The highest BCUT2D eigenvalue weighted by atomic mass is 16.5. The van der Waals surface area contributed by atoms with Crippen LogP contribution in [0.3, 0.4) is 0 Å².